The molecule has 25 heavy (non-hydrogen) atoms. The van der Waals surface area contributed by atoms with Gasteiger partial charge in [0.15, 0.2) is 4.80 Å². The summed E-state index contributed by atoms with van der Waals surface area (Å²) >= 11 is 1.55. The first-order chi connectivity index (χ1) is 12.0. The van der Waals surface area contributed by atoms with E-state index in [9.17, 15) is 4.79 Å². The van der Waals surface area contributed by atoms with Gasteiger partial charge in [-0.25, -0.2) is 0 Å². The van der Waals surface area contributed by atoms with Crippen LogP contribution in [0.3, 0.4) is 0 Å². The molecule has 0 saturated carbocycles. The Kier molecular flexibility index (Phi) is 5.04. The van der Waals surface area contributed by atoms with Crippen LogP contribution in [-0.4, -0.2) is 17.1 Å². The lowest BCUT2D eigenvalue weighted by molar-refractivity contribution is -0.117. The number of hydrogen-bond acceptors (Lipinski definition) is 3. The van der Waals surface area contributed by atoms with Crippen molar-refractivity contribution >= 4 is 27.5 Å². The third-order valence-corrected chi connectivity index (χ3v) is 5.40. The summed E-state index contributed by atoms with van der Waals surface area (Å²) in [6, 6.07) is 11.8. The summed E-state index contributed by atoms with van der Waals surface area (Å²) in [6.45, 7) is 6.79. The Hall–Kier alpha value is -2.40. The molecular weight excluding hydrogens is 332 g/mol. The molecule has 5 heteroatoms. The van der Waals surface area contributed by atoms with Crippen LogP contribution in [0.1, 0.15) is 23.6 Å². The molecule has 3 aromatic rings. The summed E-state index contributed by atoms with van der Waals surface area (Å²) in [5.74, 6) is 0.679. The molecule has 0 bridgehead atoms. The lowest BCUT2D eigenvalue weighted by Gasteiger charge is -2.04. The summed E-state index contributed by atoms with van der Waals surface area (Å²) in [4.78, 5) is 17.4. The van der Waals surface area contributed by atoms with E-state index in [1.54, 1.807) is 11.3 Å². The summed E-state index contributed by atoms with van der Waals surface area (Å²) < 4.78 is 8.59. The first-order valence-corrected chi connectivity index (χ1v) is 9.16. The fourth-order valence-electron chi connectivity index (χ4n) is 2.83. The molecule has 130 valence electrons. The minimum Gasteiger partial charge on any atom is -0.494 e. The molecule has 0 radical (unpaired) electrons. The van der Waals surface area contributed by atoms with E-state index in [0.29, 0.717) is 13.0 Å². The topological polar surface area (TPSA) is 43.6 Å². The number of aryl methyl sites for hydroxylation is 3. The van der Waals surface area contributed by atoms with Gasteiger partial charge < -0.3 is 9.30 Å². The molecule has 0 aliphatic heterocycles. The van der Waals surface area contributed by atoms with Crippen molar-refractivity contribution in [2.75, 3.05) is 6.61 Å². The molecule has 0 saturated heterocycles. The number of benzene rings is 2. The molecule has 0 spiro atoms. The molecular formula is C20H22N2O2S. The zero-order valence-corrected chi connectivity index (χ0v) is 15.8. The van der Waals surface area contributed by atoms with Crippen molar-refractivity contribution in [2.45, 2.75) is 27.2 Å². The van der Waals surface area contributed by atoms with Gasteiger partial charge >= 0.3 is 0 Å². The molecule has 0 aliphatic rings. The van der Waals surface area contributed by atoms with Crippen LogP contribution in [0.15, 0.2) is 41.4 Å². The Bertz CT molecular complexity index is 981. The highest BCUT2D eigenvalue weighted by Gasteiger charge is 2.09. The second-order valence-corrected chi connectivity index (χ2v) is 7.07. The highest BCUT2D eigenvalue weighted by molar-refractivity contribution is 7.16. The average molecular weight is 354 g/mol. The van der Waals surface area contributed by atoms with Crippen molar-refractivity contribution in [3.8, 4) is 5.75 Å². The van der Waals surface area contributed by atoms with E-state index in [1.807, 2.05) is 42.8 Å². The Morgan fingerprint density at radius 1 is 1.16 bits per heavy atom. The zero-order chi connectivity index (χ0) is 18.0. The van der Waals surface area contributed by atoms with Gasteiger partial charge in [0.2, 0.25) is 0 Å². The molecule has 1 aromatic heterocycles. The van der Waals surface area contributed by atoms with Crippen molar-refractivity contribution in [1.82, 2.24) is 4.57 Å². The van der Waals surface area contributed by atoms with E-state index in [1.165, 1.54) is 11.1 Å². The number of rotatable bonds is 4. The van der Waals surface area contributed by atoms with Crippen molar-refractivity contribution in [3.05, 3.63) is 57.9 Å². The number of carbonyl (C=O) groups excluding carboxylic acids is 1. The standard InChI is InChI=1S/C20H22N2O2S/c1-5-24-16-9-7-15(8-10-16)12-18(23)21-20-22(4)19-14(3)13(2)6-11-17(19)25-20/h6-11H,5,12H2,1-4H3. The van der Waals surface area contributed by atoms with Crippen LogP contribution < -0.4 is 9.54 Å². The third-order valence-electron chi connectivity index (χ3n) is 4.30. The summed E-state index contributed by atoms with van der Waals surface area (Å²) in [5.41, 5.74) is 4.57. The second-order valence-electron chi connectivity index (χ2n) is 6.06. The highest BCUT2D eigenvalue weighted by Crippen LogP contribution is 2.23. The van der Waals surface area contributed by atoms with E-state index < -0.39 is 0 Å². The molecule has 4 nitrogen and oxygen atoms in total. The first kappa shape index (κ1) is 17.4. The average Bonchev–Trinajstić information content (AvgIpc) is 2.90. The van der Waals surface area contributed by atoms with Crippen molar-refractivity contribution in [1.29, 1.82) is 0 Å². The van der Waals surface area contributed by atoms with Gasteiger partial charge in [0, 0.05) is 7.05 Å². The molecule has 1 amide bonds. The van der Waals surface area contributed by atoms with Gasteiger partial charge in [-0.15, -0.1) is 0 Å². The fourth-order valence-corrected chi connectivity index (χ4v) is 3.92. The van der Waals surface area contributed by atoms with E-state index in [0.717, 1.165) is 26.3 Å². The number of thiazole rings is 1. The zero-order valence-electron chi connectivity index (χ0n) is 15.0. The second kappa shape index (κ2) is 7.23. The number of amides is 1. The monoisotopic (exact) mass is 354 g/mol. The van der Waals surface area contributed by atoms with E-state index in [-0.39, 0.29) is 5.91 Å². The number of carbonyl (C=O) groups is 1. The predicted octanol–water partition coefficient (Wildman–Crippen LogP) is 3.93. The summed E-state index contributed by atoms with van der Waals surface area (Å²) in [7, 11) is 1.97. The number of hydrogen-bond donors (Lipinski definition) is 0. The Morgan fingerprint density at radius 2 is 1.88 bits per heavy atom. The van der Waals surface area contributed by atoms with Gasteiger partial charge in [0.1, 0.15) is 5.75 Å². The lowest BCUT2D eigenvalue weighted by Crippen LogP contribution is -2.14. The Morgan fingerprint density at radius 3 is 2.56 bits per heavy atom. The maximum absolute atomic E-state index is 12.4. The van der Waals surface area contributed by atoms with Crippen LogP contribution in [0, 0.1) is 13.8 Å². The van der Waals surface area contributed by atoms with Gasteiger partial charge in [-0.1, -0.05) is 29.5 Å². The van der Waals surface area contributed by atoms with Crippen molar-refractivity contribution < 1.29 is 9.53 Å². The minimum absolute atomic E-state index is 0.138. The Balaban J connectivity index is 1.87. The maximum atomic E-state index is 12.4. The largest absolute Gasteiger partial charge is 0.494 e. The van der Waals surface area contributed by atoms with E-state index in [4.69, 9.17) is 4.74 Å². The molecule has 2 aromatic carbocycles. The quantitative estimate of drug-likeness (QED) is 0.713. The molecule has 0 aliphatic carbocycles. The SMILES string of the molecule is CCOc1ccc(CC(=O)N=c2sc3ccc(C)c(C)c3n2C)cc1. The van der Waals surface area contributed by atoms with Gasteiger partial charge in [-0.3, -0.25) is 4.79 Å². The molecule has 0 atom stereocenters. The third kappa shape index (κ3) is 3.66. The van der Waals surface area contributed by atoms with Crippen LogP contribution >= 0.6 is 11.3 Å². The first-order valence-electron chi connectivity index (χ1n) is 8.34. The number of aromatic nitrogens is 1. The van der Waals surface area contributed by atoms with Gasteiger partial charge in [0.25, 0.3) is 5.91 Å². The normalized spacial score (nSPS) is 11.9. The van der Waals surface area contributed by atoms with E-state index in [2.05, 4.69) is 31.0 Å². The van der Waals surface area contributed by atoms with Crippen LogP contribution in [0.2, 0.25) is 0 Å². The smallest absolute Gasteiger partial charge is 0.252 e. The van der Waals surface area contributed by atoms with Gasteiger partial charge in [-0.2, -0.15) is 4.99 Å². The molecule has 0 N–H and O–H groups in total. The predicted molar refractivity (Wildman–Crippen MR) is 102 cm³/mol. The van der Waals surface area contributed by atoms with Crippen molar-refractivity contribution in [2.24, 2.45) is 12.0 Å². The van der Waals surface area contributed by atoms with Crippen LogP contribution in [0.5, 0.6) is 5.75 Å². The summed E-state index contributed by atoms with van der Waals surface area (Å²) in [5, 5.41) is 0. The van der Waals surface area contributed by atoms with Gasteiger partial charge in [0.05, 0.1) is 23.2 Å². The highest BCUT2D eigenvalue weighted by atomic mass is 32.1. The maximum Gasteiger partial charge on any atom is 0.252 e. The molecule has 0 fully saturated rings. The number of ether oxygens (including phenoxy) is 1. The van der Waals surface area contributed by atoms with Gasteiger partial charge in [-0.05, 0) is 55.7 Å². The van der Waals surface area contributed by atoms with Crippen molar-refractivity contribution in [3.63, 3.8) is 0 Å². The number of fused-ring (bicyclic) bond motifs is 1. The Labute approximate surface area is 151 Å². The fraction of sp³-hybridized carbons (Fsp3) is 0.300. The van der Waals surface area contributed by atoms with Crippen LogP contribution in [0.25, 0.3) is 10.2 Å². The van der Waals surface area contributed by atoms with Crippen LogP contribution in [-0.2, 0) is 18.3 Å². The van der Waals surface area contributed by atoms with Crippen LogP contribution in [0.4, 0.5) is 0 Å². The summed E-state index contributed by atoms with van der Waals surface area (Å²) in [6.07, 6.45) is 0.290. The number of nitrogens with zero attached hydrogens (tertiary/aromatic N) is 2. The molecule has 0 unspecified atom stereocenters. The van der Waals surface area contributed by atoms with E-state index >= 15 is 0 Å². The molecule has 1 heterocycles. The molecule has 3 rings (SSSR count). The minimum atomic E-state index is -0.138. The lowest BCUT2D eigenvalue weighted by atomic mass is 10.1.